The van der Waals surface area contributed by atoms with E-state index in [1.165, 1.54) is 18.1 Å². The van der Waals surface area contributed by atoms with Crippen LogP contribution in [0.3, 0.4) is 0 Å². The molecule has 8 nitrogen and oxygen atoms in total. The average Bonchev–Trinajstić information content (AvgIpc) is 3.22. The van der Waals surface area contributed by atoms with Crippen molar-refractivity contribution in [3.8, 4) is 17.2 Å². The normalized spacial score (nSPS) is 16.2. The number of Topliss-reactive ketones (excluding diaryl/α,β-unsaturated/α-hetero) is 1. The average molecular weight is 537 g/mol. The zero-order valence-corrected chi connectivity index (χ0v) is 22.1. The van der Waals surface area contributed by atoms with E-state index >= 15 is 0 Å². The molecule has 4 aromatic rings. The summed E-state index contributed by atoms with van der Waals surface area (Å²) in [6.07, 6.45) is 3.21. The van der Waals surface area contributed by atoms with Crippen LogP contribution in [-0.2, 0) is 22.7 Å². The van der Waals surface area contributed by atoms with E-state index in [0.717, 1.165) is 16.7 Å². The third-order valence-corrected chi connectivity index (χ3v) is 6.95. The molecular weight excluding hydrogens is 508 g/mol. The number of amides is 1. The lowest BCUT2D eigenvalue weighted by molar-refractivity contribution is -0.140. The standard InChI is InChI=1S/C32H28N2O6/c1-20-5-3-4-6-24(20)19-40-25-10-7-22(8-11-25)30(36)28-29(23-9-12-26(35)27(17-23)39-2)34(32(38)31(28)37)18-21-13-15-33-16-14-21/h3-17,29,35-36H,18-19H2,1-2H3. The summed E-state index contributed by atoms with van der Waals surface area (Å²) in [5, 5.41) is 21.5. The second-order valence-electron chi connectivity index (χ2n) is 9.45. The summed E-state index contributed by atoms with van der Waals surface area (Å²) >= 11 is 0. The van der Waals surface area contributed by atoms with Crippen molar-refractivity contribution in [3.63, 3.8) is 0 Å². The van der Waals surface area contributed by atoms with Gasteiger partial charge in [-0.25, -0.2) is 0 Å². The number of aromatic hydroxyl groups is 1. The van der Waals surface area contributed by atoms with Crippen molar-refractivity contribution >= 4 is 17.4 Å². The van der Waals surface area contributed by atoms with E-state index in [9.17, 15) is 19.8 Å². The highest BCUT2D eigenvalue weighted by atomic mass is 16.5. The molecule has 0 aliphatic carbocycles. The molecule has 2 N–H and O–H groups in total. The van der Waals surface area contributed by atoms with Gasteiger partial charge < -0.3 is 24.6 Å². The van der Waals surface area contributed by atoms with Gasteiger partial charge in [0.15, 0.2) is 11.5 Å². The van der Waals surface area contributed by atoms with Crippen LogP contribution in [0.15, 0.2) is 96.8 Å². The van der Waals surface area contributed by atoms with E-state index in [-0.39, 0.29) is 29.4 Å². The number of carbonyl (C=O) groups excluding carboxylic acids is 2. The predicted molar refractivity (Wildman–Crippen MR) is 149 cm³/mol. The summed E-state index contributed by atoms with van der Waals surface area (Å²) in [5.74, 6) is -1.16. The first-order valence-corrected chi connectivity index (χ1v) is 12.7. The number of aryl methyl sites for hydroxylation is 1. The molecule has 2 heterocycles. The number of ketones is 1. The van der Waals surface area contributed by atoms with Gasteiger partial charge in [-0.1, -0.05) is 30.3 Å². The molecule has 1 fully saturated rings. The van der Waals surface area contributed by atoms with Gasteiger partial charge in [0.25, 0.3) is 11.7 Å². The van der Waals surface area contributed by atoms with Gasteiger partial charge in [0, 0.05) is 24.5 Å². The lowest BCUT2D eigenvalue weighted by Crippen LogP contribution is -2.29. The fourth-order valence-electron chi connectivity index (χ4n) is 4.74. The van der Waals surface area contributed by atoms with Crippen molar-refractivity contribution in [2.24, 2.45) is 0 Å². The van der Waals surface area contributed by atoms with Crippen molar-refractivity contribution < 1.29 is 29.3 Å². The second-order valence-corrected chi connectivity index (χ2v) is 9.45. The fourth-order valence-corrected chi connectivity index (χ4v) is 4.74. The highest BCUT2D eigenvalue weighted by Crippen LogP contribution is 2.42. The number of nitrogens with zero attached hydrogens (tertiary/aromatic N) is 2. The van der Waals surface area contributed by atoms with Crippen molar-refractivity contribution in [2.45, 2.75) is 26.1 Å². The Morgan fingerprint density at radius 3 is 2.40 bits per heavy atom. The van der Waals surface area contributed by atoms with E-state index in [1.54, 1.807) is 60.9 Å². The molecule has 202 valence electrons. The maximum absolute atomic E-state index is 13.4. The van der Waals surface area contributed by atoms with E-state index < -0.39 is 17.7 Å². The molecule has 1 aliphatic heterocycles. The molecule has 1 aromatic heterocycles. The van der Waals surface area contributed by atoms with E-state index in [1.807, 2.05) is 31.2 Å². The van der Waals surface area contributed by atoms with Gasteiger partial charge in [0.05, 0.1) is 18.7 Å². The van der Waals surface area contributed by atoms with Crippen LogP contribution in [0.25, 0.3) is 5.76 Å². The van der Waals surface area contributed by atoms with Crippen LogP contribution >= 0.6 is 0 Å². The molecule has 1 unspecified atom stereocenters. The van der Waals surface area contributed by atoms with Crippen molar-refractivity contribution in [1.82, 2.24) is 9.88 Å². The molecular formula is C32H28N2O6. The first kappa shape index (κ1) is 26.5. The first-order chi connectivity index (χ1) is 19.4. The molecule has 8 heteroatoms. The number of hydrogen-bond donors (Lipinski definition) is 2. The molecule has 1 atom stereocenters. The largest absolute Gasteiger partial charge is 0.507 e. The Balaban J connectivity index is 1.51. The molecule has 0 spiro atoms. The van der Waals surface area contributed by atoms with Gasteiger partial charge in [-0.3, -0.25) is 14.6 Å². The Hall–Kier alpha value is -5.11. The molecule has 1 amide bonds. The SMILES string of the molecule is COc1cc(C2C(=C(O)c3ccc(OCc4ccccc4C)cc3)C(=O)C(=O)N2Cc2ccncc2)ccc1O. The van der Waals surface area contributed by atoms with Gasteiger partial charge in [-0.05, 0) is 77.7 Å². The summed E-state index contributed by atoms with van der Waals surface area (Å²) in [5.41, 5.74) is 3.76. The topological polar surface area (TPSA) is 109 Å². The third-order valence-electron chi connectivity index (χ3n) is 6.95. The smallest absolute Gasteiger partial charge is 0.295 e. The summed E-state index contributed by atoms with van der Waals surface area (Å²) in [7, 11) is 1.41. The third kappa shape index (κ3) is 5.24. The number of aliphatic hydroxyl groups excluding tert-OH is 1. The fraction of sp³-hybridized carbons (Fsp3) is 0.156. The number of ether oxygens (including phenoxy) is 2. The zero-order valence-electron chi connectivity index (χ0n) is 22.1. The van der Waals surface area contributed by atoms with Gasteiger partial charge in [-0.2, -0.15) is 0 Å². The summed E-state index contributed by atoms with van der Waals surface area (Å²) < 4.78 is 11.2. The van der Waals surface area contributed by atoms with Gasteiger partial charge in [0.2, 0.25) is 0 Å². The Morgan fingerprint density at radius 1 is 0.975 bits per heavy atom. The highest BCUT2D eigenvalue weighted by molar-refractivity contribution is 6.46. The van der Waals surface area contributed by atoms with Crippen molar-refractivity contribution in [3.05, 3.63) is 125 Å². The van der Waals surface area contributed by atoms with E-state index in [2.05, 4.69) is 4.98 Å². The molecule has 0 radical (unpaired) electrons. The quantitative estimate of drug-likeness (QED) is 0.179. The molecule has 5 rings (SSSR count). The number of aliphatic hydroxyl groups is 1. The Kier molecular flexibility index (Phi) is 7.50. The number of hydrogen-bond acceptors (Lipinski definition) is 7. The van der Waals surface area contributed by atoms with Crippen LogP contribution in [0.1, 0.15) is 33.9 Å². The molecule has 1 aliphatic rings. The number of phenols is 1. The predicted octanol–water partition coefficient (Wildman–Crippen LogP) is 5.31. The highest BCUT2D eigenvalue weighted by Gasteiger charge is 2.46. The number of methoxy groups -OCH3 is 1. The zero-order chi connectivity index (χ0) is 28.2. The molecule has 1 saturated heterocycles. The van der Waals surface area contributed by atoms with Gasteiger partial charge >= 0.3 is 0 Å². The maximum atomic E-state index is 13.4. The minimum Gasteiger partial charge on any atom is -0.507 e. The minimum atomic E-state index is -0.917. The van der Waals surface area contributed by atoms with E-state index in [4.69, 9.17) is 9.47 Å². The number of phenolic OH excluding ortho intramolecular Hbond substituents is 1. The number of aromatic nitrogens is 1. The van der Waals surface area contributed by atoms with Crippen LogP contribution in [0, 0.1) is 6.92 Å². The lowest BCUT2D eigenvalue weighted by atomic mass is 9.94. The van der Waals surface area contributed by atoms with Gasteiger partial charge in [-0.15, -0.1) is 0 Å². The Labute approximate surface area is 231 Å². The number of rotatable bonds is 8. The Bertz CT molecular complexity index is 1580. The Morgan fingerprint density at radius 2 is 1.70 bits per heavy atom. The second kappa shape index (κ2) is 11.3. The van der Waals surface area contributed by atoms with Crippen LogP contribution in [-0.4, -0.2) is 38.9 Å². The summed E-state index contributed by atoms with van der Waals surface area (Å²) in [4.78, 5) is 32.0. The van der Waals surface area contributed by atoms with E-state index in [0.29, 0.717) is 23.5 Å². The molecule has 40 heavy (non-hydrogen) atoms. The van der Waals surface area contributed by atoms with Crippen LogP contribution in [0.5, 0.6) is 17.2 Å². The number of likely N-dealkylation sites (tertiary alicyclic amines) is 1. The van der Waals surface area contributed by atoms with Crippen molar-refractivity contribution in [2.75, 3.05) is 7.11 Å². The van der Waals surface area contributed by atoms with Gasteiger partial charge in [0.1, 0.15) is 18.1 Å². The minimum absolute atomic E-state index is 0.0552. The first-order valence-electron chi connectivity index (χ1n) is 12.7. The molecule has 0 saturated carbocycles. The van der Waals surface area contributed by atoms with Crippen LogP contribution in [0.2, 0.25) is 0 Å². The van der Waals surface area contributed by atoms with Crippen LogP contribution < -0.4 is 9.47 Å². The summed E-state index contributed by atoms with van der Waals surface area (Å²) in [6, 6.07) is 21.8. The van der Waals surface area contributed by atoms with Crippen molar-refractivity contribution in [1.29, 1.82) is 0 Å². The monoisotopic (exact) mass is 536 g/mol. The molecule has 0 bridgehead atoms. The number of pyridine rings is 1. The lowest BCUT2D eigenvalue weighted by Gasteiger charge is -2.26. The number of benzene rings is 3. The maximum Gasteiger partial charge on any atom is 0.295 e. The molecule has 3 aromatic carbocycles. The van der Waals surface area contributed by atoms with Crippen LogP contribution in [0.4, 0.5) is 0 Å². The number of carbonyl (C=O) groups is 2. The summed E-state index contributed by atoms with van der Waals surface area (Å²) in [6.45, 7) is 2.52.